The molecule has 0 aliphatic heterocycles. The molecule has 1 aromatic carbocycles. The van der Waals surface area contributed by atoms with Crippen LogP contribution in [0.25, 0.3) is 0 Å². The van der Waals surface area contributed by atoms with Crippen LogP contribution in [0.5, 0.6) is 0 Å². The zero-order chi connectivity index (χ0) is 16.2. The van der Waals surface area contributed by atoms with Crippen LogP contribution in [-0.4, -0.2) is 44.2 Å². The molecule has 1 unspecified atom stereocenters. The van der Waals surface area contributed by atoms with Crippen LogP contribution in [-0.2, 0) is 19.6 Å². The van der Waals surface area contributed by atoms with Crippen LogP contribution in [0.2, 0.25) is 0 Å². The number of aliphatic hydroxyl groups excluding tert-OH is 1. The number of esters is 1. The fourth-order valence-electron chi connectivity index (χ4n) is 1.47. The molecular formula is C10H13N3O7S. The second-order valence-corrected chi connectivity index (χ2v) is 5.45. The van der Waals surface area contributed by atoms with Crippen LogP contribution < -0.4 is 10.5 Å². The number of hydrogen-bond donors (Lipinski definition) is 3. The number of nitrogens with zero attached hydrogens (tertiary/aromatic N) is 1. The van der Waals surface area contributed by atoms with Gasteiger partial charge in [-0.05, 0) is 12.1 Å². The van der Waals surface area contributed by atoms with Gasteiger partial charge < -0.3 is 15.2 Å². The minimum Gasteiger partial charge on any atom is -0.467 e. The number of methoxy groups -OCH3 is 1. The van der Waals surface area contributed by atoms with Crippen molar-refractivity contribution >= 4 is 27.4 Å². The maximum Gasteiger partial charge on any atom is 0.330 e. The minimum atomic E-state index is -4.10. The summed E-state index contributed by atoms with van der Waals surface area (Å²) in [6.07, 6.45) is 0. The molecule has 1 aromatic rings. The number of hydrogen-bond acceptors (Lipinski definition) is 8. The summed E-state index contributed by atoms with van der Waals surface area (Å²) in [6, 6.07) is 1.64. The van der Waals surface area contributed by atoms with Gasteiger partial charge in [0, 0.05) is 6.07 Å². The molecule has 1 atom stereocenters. The lowest BCUT2D eigenvalue weighted by atomic mass is 10.2. The van der Waals surface area contributed by atoms with Gasteiger partial charge in [-0.15, -0.1) is 0 Å². The van der Waals surface area contributed by atoms with E-state index in [1.807, 2.05) is 0 Å². The summed E-state index contributed by atoms with van der Waals surface area (Å²) in [5, 5.41) is 27.3. The Balaban J connectivity index is 3.24. The van der Waals surface area contributed by atoms with Gasteiger partial charge in [-0.1, -0.05) is 0 Å². The first-order valence-corrected chi connectivity index (χ1v) is 7.01. The summed E-state index contributed by atoms with van der Waals surface area (Å²) < 4.78 is 26.8. The van der Waals surface area contributed by atoms with E-state index < -0.39 is 44.1 Å². The highest BCUT2D eigenvalue weighted by molar-refractivity contribution is 7.89. The number of nitro groups is 1. The lowest BCUT2D eigenvalue weighted by molar-refractivity contribution is -0.384. The molecule has 0 heterocycles. The number of sulfonamides is 1. The molecule has 21 heavy (non-hydrogen) atoms. The third kappa shape index (κ3) is 4.11. The van der Waals surface area contributed by atoms with Crippen molar-refractivity contribution in [3.63, 3.8) is 0 Å². The Labute approximate surface area is 119 Å². The van der Waals surface area contributed by atoms with Crippen LogP contribution in [0.3, 0.4) is 0 Å². The summed E-state index contributed by atoms with van der Waals surface area (Å²) in [5.74, 6) is -0.831. The highest BCUT2D eigenvalue weighted by Crippen LogP contribution is 2.27. The number of aliphatic hydroxyl groups is 1. The summed E-state index contributed by atoms with van der Waals surface area (Å²) in [6.45, 7) is -0.666. The van der Waals surface area contributed by atoms with Crippen LogP contribution in [0.4, 0.5) is 11.4 Å². The third-order valence-corrected chi connectivity index (χ3v) is 3.40. The number of rotatable bonds is 6. The van der Waals surface area contributed by atoms with Crippen molar-refractivity contribution in [3.8, 4) is 0 Å². The topological polar surface area (TPSA) is 162 Å². The molecule has 0 amide bonds. The maximum atomic E-state index is 11.3. The van der Waals surface area contributed by atoms with E-state index in [2.05, 4.69) is 10.1 Å². The Kier molecular flexibility index (Phi) is 5.18. The van der Waals surface area contributed by atoms with Crippen LogP contribution in [0.1, 0.15) is 0 Å². The molecule has 0 bridgehead atoms. The Bertz CT molecular complexity index is 659. The van der Waals surface area contributed by atoms with Gasteiger partial charge in [0.1, 0.15) is 11.7 Å². The molecule has 0 radical (unpaired) electrons. The molecule has 0 aliphatic carbocycles. The first-order chi connectivity index (χ1) is 9.70. The largest absolute Gasteiger partial charge is 0.467 e. The number of carbonyl (C=O) groups is 1. The van der Waals surface area contributed by atoms with E-state index in [1.54, 1.807) is 0 Å². The highest BCUT2D eigenvalue weighted by Gasteiger charge is 2.24. The summed E-state index contributed by atoms with van der Waals surface area (Å²) in [5.41, 5.74) is -0.763. The van der Waals surface area contributed by atoms with Gasteiger partial charge in [-0.3, -0.25) is 10.1 Å². The predicted molar refractivity (Wildman–Crippen MR) is 71.0 cm³/mol. The number of anilines is 1. The third-order valence-electron chi connectivity index (χ3n) is 2.49. The van der Waals surface area contributed by atoms with Crippen molar-refractivity contribution in [2.24, 2.45) is 5.14 Å². The van der Waals surface area contributed by atoms with Crippen LogP contribution in [0, 0.1) is 10.1 Å². The van der Waals surface area contributed by atoms with Crippen molar-refractivity contribution in [3.05, 3.63) is 28.3 Å². The van der Waals surface area contributed by atoms with E-state index in [0.29, 0.717) is 0 Å². The van der Waals surface area contributed by atoms with Crippen molar-refractivity contribution < 1.29 is 28.0 Å². The zero-order valence-electron chi connectivity index (χ0n) is 10.8. The number of nitro benzene ring substituents is 1. The Morgan fingerprint density at radius 1 is 1.57 bits per heavy atom. The highest BCUT2D eigenvalue weighted by atomic mass is 32.2. The van der Waals surface area contributed by atoms with Gasteiger partial charge >= 0.3 is 5.97 Å². The van der Waals surface area contributed by atoms with Crippen LogP contribution in [0.15, 0.2) is 23.1 Å². The number of nitrogens with one attached hydrogen (secondary N) is 1. The van der Waals surface area contributed by atoms with Crippen molar-refractivity contribution in [2.45, 2.75) is 10.9 Å². The second-order valence-electron chi connectivity index (χ2n) is 3.88. The number of ether oxygens (including phenoxy) is 1. The fourth-order valence-corrected chi connectivity index (χ4v) is 2.00. The summed E-state index contributed by atoms with van der Waals surface area (Å²) in [7, 11) is -3.02. The van der Waals surface area contributed by atoms with Crippen molar-refractivity contribution in [1.29, 1.82) is 0 Å². The van der Waals surface area contributed by atoms with Crippen molar-refractivity contribution in [1.82, 2.24) is 0 Å². The molecule has 10 nitrogen and oxygen atoms in total. The Morgan fingerprint density at radius 2 is 2.19 bits per heavy atom. The van der Waals surface area contributed by atoms with E-state index in [9.17, 15) is 23.3 Å². The molecule has 0 aliphatic rings. The van der Waals surface area contributed by atoms with E-state index >= 15 is 0 Å². The van der Waals surface area contributed by atoms with Crippen LogP contribution >= 0.6 is 0 Å². The molecule has 0 saturated heterocycles. The SMILES string of the molecule is COC(=O)C(CO)Nc1ccc(S(N)(=O)=O)cc1[N+](=O)[O-]. The molecule has 0 aromatic heterocycles. The predicted octanol–water partition coefficient (Wildman–Crippen LogP) is -0.812. The standard InChI is InChI=1S/C10H13N3O7S/c1-20-10(15)8(5-14)12-7-3-2-6(21(11,18)19)4-9(7)13(16)17/h2-4,8,12,14H,5H2,1H3,(H2,11,18,19). The zero-order valence-corrected chi connectivity index (χ0v) is 11.7. The lowest BCUT2D eigenvalue weighted by Gasteiger charge is -2.15. The van der Waals surface area contributed by atoms with Gasteiger partial charge in [0.25, 0.3) is 5.69 Å². The molecular weight excluding hydrogens is 306 g/mol. The second kappa shape index (κ2) is 6.47. The quantitative estimate of drug-likeness (QED) is 0.348. The van der Waals surface area contributed by atoms with E-state index in [4.69, 9.17) is 10.2 Å². The normalized spacial score (nSPS) is 12.5. The summed E-state index contributed by atoms with van der Waals surface area (Å²) >= 11 is 0. The Morgan fingerprint density at radius 3 is 2.62 bits per heavy atom. The fraction of sp³-hybridized carbons (Fsp3) is 0.300. The minimum absolute atomic E-state index is 0.156. The van der Waals surface area contributed by atoms with Gasteiger partial charge in [-0.25, -0.2) is 18.4 Å². The van der Waals surface area contributed by atoms with Gasteiger partial charge in [-0.2, -0.15) is 0 Å². The number of benzene rings is 1. The molecule has 4 N–H and O–H groups in total. The summed E-state index contributed by atoms with van der Waals surface area (Å²) in [4.78, 5) is 21.0. The van der Waals surface area contributed by atoms with E-state index in [-0.39, 0.29) is 5.69 Å². The van der Waals surface area contributed by atoms with Crippen molar-refractivity contribution in [2.75, 3.05) is 19.0 Å². The van der Waals surface area contributed by atoms with E-state index in [1.165, 1.54) is 0 Å². The van der Waals surface area contributed by atoms with Gasteiger partial charge in [0.15, 0.2) is 0 Å². The number of carbonyl (C=O) groups excluding carboxylic acids is 1. The van der Waals surface area contributed by atoms with E-state index in [0.717, 1.165) is 25.3 Å². The average molecular weight is 319 g/mol. The number of primary sulfonamides is 1. The molecule has 0 spiro atoms. The maximum absolute atomic E-state index is 11.3. The molecule has 0 saturated carbocycles. The molecule has 116 valence electrons. The number of nitrogens with two attached hydrogens (primary N) is 1. The average Bonchev–Trinajstić information content (AvgIpc) is 2.42. The van der Waals surface area contributed by atoms with Gasteiger partial charge in [0.2, 0.25) is 10.0 Å². The Hall–Kier alpha value is -2.24. The lowest BCUT2D eigenvalue weighted by Crippen LogP contribution is -2.34. The first-order valence-electron chi connectivity index (χ1n) is 5.47. The molecule has 0 fully saturated rings. The monoisotopic (exact) mass is 319 g/mol. The molecule has 11 heteroatoms. The molecule has 1 rings (SSSR count). The van der Waals surface area contributed by atoms with Gasteiger partial charge in [0.05, 0.1) is 23.5 Å². The smallest absolute Gasteiger partial charge is 0.330 e. The first kappa shape index (κ1) is 16.8.